The summed E-state index contributed by atoms with van der Waals surface area (Å²) in [6.45, 7) is 7.57. The summed E-state index contributed by atoms with van der Waals surface area (Å²) >= 11 is 0. The highest BCUT2D eigenvalue weighted by molar-refractivity contribution is 5.78. The summed E-state index contributed by atoms with van der Waals surface area (Å²) in [7, 11) is 0. The van der Waals surface area contributed by atoms with E-state index in [1.54, 1.807) is 0 Å². The van der Waals surface area contributed by atoms with E-state index in [0.29, 0.717) is 19.0 Å². The third-order valence-electron chi connectivity index (χ3n) is 5.09. The number of ether oxygens (including phenoxy) is 1. The lowest BCUT2D eigenvalue weighted by Crippen LogP contribution is -2.35. The Hall–Kier alpha value is -2.33. The van der Waals surface area contributed by atoms with Gasteiger partial charge in [0.15, 0.2) is 6.61 Å². The van der Waals surface area contributed by atoms with Gasteiger partial charge in [0.25, 0.3) is 5.91 Å². The Labute approximate surface area is 156 Å². The van der Waals surface area contributed by atoms with Gasteiger partial charge in [0, 0.05) is 25.0 Å². The van der Waals surface area contributed by atoms with E-state index in [-0.39, 0.29) is 24.5 Å². The molecule has 1 fully saturated rings. The number of hydrogen-bond acceptors (Lipinski definition) is 3. The molecule has 1 amide bonds. The van der Waals surface area contributed by atoms with E-state index < -0.39 is 0 Å². The number of likely N-dealkylation sites (tertiary alicyclic amines) is 1. The maximum absolute atomic E-state index is 12.7. The fourth-order valence-corrected chi connectivity index (χ4v) is 3.56. The molecule has 0 aliphatic carbocycles. The van der Waals surface area contributed by atoms with E-state index in [1.807, 2.05) is 36.1 Å². The fraction of sp³-hybridized carbons (Fsp3) is 0.409. The van der Waals surface area contributed by atoms with Gasteiger partial charge in [0.2, 0.25) is 0 Å². The Kier molecular flexibility index (Phi) is 5.62. The van der Waals surface area contributed by atoms with E-state index >= 15 is 0 Å². The number of aryl methyl sites for hydroxylation is 1. The van der Waals surface area contributed by atoms with Crippen LogP contribution in [-0.2, 0) is 4.79 Å². The number of amides is 1. The average Bonchev–Trinajstić information content (AvgIpc) is 3.02. The lowest BCUT2D eigenvalue weighted by molar-refractivity contribution is -0.132. The Balaban J connectivity index is 1.64. The molecule has 0 spiro atoms. The van der Waals surface area contributed by atoms with Gasteiger partial charge in [0.1, 0.15) is 5.75 Å². The van der Waals surface area contributed by atoms with Gasteiger partial charge in [-0.1, -0.05) is 56.3 Å². The van der Waals surface area contributed by atoms with Crippen LogP contribution in [0.2, 0.25) is 0 Å². The number of rotatable bonds is 5. The predicted octanol–water partition coefficient (Wildman–Crippen LogP) is 3.45. The molecule has 0 saturated carbocycles. The van der Waals surface area contributed by atoms with Crippen molar-refractivity contribution < 1.29 is 9.53 Å². The summed E-state index contributed by atoms with van der Waals surface area (Å²) < 4.78 is 5.90. The number of carbonyl (C=O) groups is 1. The number of hydrogen-bond donors (Lipinski definition) is 1. The van der Waals surface area contributed by atoms with Crippen molar-refractivity contribution in [2.45, 2.75) is 38.6 Å². The second-order valence-corrected chi connectivity index (χ2v) is 7.46. The molecule has 2 aromatic carbocycles. The summed E-state index contributed by atoms with van der Waals surface area (Å²) in [6, 6.07) is 16.3. The van der Waals surface area contributed by atoms with Gasteiger partial charge in [-0.3, -0.25) is 4.79 Å². The van der Waals surface area contributed by atoms with Crippen LogP contribution in [-0.4, -0.2) is 36.5 Å². The molecule has 138 valence electrons. The van der Waals surface area contributed by atoms with Crippen molar-refractivity contribution in [3.8, 4) is 5.75 Å². The maximum Gasteiger partial charge on any atom is 0.260 e. The van der Waals surface area contributed by atoms with Gasteiger partial charge in [-0.2, -0.15) is 0 Å². The van der Waals surface area contributed by atoms with Crippen molar-refractivity contribution >= 4 is 5.91 Å². The third-order valence-corrected chi connectivity index (χ3v) is 5.09. The van der Waals surface area contributed by atoms with Crippen molar-refractivity contribution in [1.82, 2.24) is 4.90 Å². The topological polar surface area (TPSA) is 55.6 Å². The molecule has 26 heavy (non-hydrogen) atoms. The van der Waals surface area contributed by atoms with Crippen LogP contribution < -0.4 is 10.5 Å². The van der Waals surface area contributed by atoms with Crippen molar-refractivity contribution in [3.05, 3.63) is 65.2 Å². The quantitative estimate of drug-likeness (QED) is 0.897. The van der Waals surface area contributed by atoms with Crippen molar-refractivity contribution in [2.75, 3.05) is 19.7 Å². The Morgan fingerprint density at radius 1 is 1.19 bits per heavy atom. The van der Waals surface area contributed by atoms with Crippen LogP contribution in [0.5, 0.6) is 5.75 Å². The van der Waals surface area contributed by atoms with Gasteiger partial charge < -0.3 is 15.4 Å². The SMILES string of the molecule is Cc1ccc(C(C)C)c(OCC(=O)N2C[C@@H](N)[C@H](c3ccccc3)C2)c1. The van der Waals surface area contributed by atoms with Crippen LogP contribution in [0.1, 0.15) is 42.4 Å². The summed E-state index contributed by atoms with van der Waals surface area (Å²) in [5.41, 5.74) is 9.74. The minimum atomic E-state index is -0.0356. The molecular weight excluding hydrogens is 324 g/mol. The van der Waals surface area contributed by atoms with E-state index in [1.165, 1.54) is 5.56 Å². The molecule has 3 rings (SSSR count). The first kappa shape index (κ1) is 18.5. The molecule has 2 aromatic rings. The molecule has 1 saturated heterocycles. The molecule has 0 bridgehead atoms. The highest BCUT2D eigenvalue weighted by Crippen LogP contribution is 2.29. The molecule has 1 aliphatic rings. The monoisotopic (exact) mass is 352 g/mol. The number of benzene rings is 2. The van der Waals surface area contributed by atoms with Crippen LogP contribution in [0, 0.1) is 6.92 Å². The maximum atomic E-state index is 12.7. The predicted molar refractivity (Wildman–Crippen MR) is 105 cm³/mol. The van der Waals surface area contributed by atoms with Crippen LogP contribution in [0.25, 0.3) is 0 Å². The molecule has 1 heterocycles. The van der Waals surface area contributed by atoms with Gasteiger partial charge in [-0.05, 0) is 35.6 Å². The van der Waals surface area contributed by atoms with Crippen LogP contribution in [0.3, 0.4) is 0 Å². The smallest absolute Gasteiger partial charge is 0.260 e. The van der Waals surface area contributed by atoms with E-state index in [9.17, 15) is 4.79 Å². The van der Waals surface area contributed by atoms with Crippen molar-refractivity contribution in [2.24, 2.45) is 5.73 Å². The summed E-state index contributed by atoms with van der Waals surface area (Å²) in [4.78, 5) is 14.5. The summed E-state index contributed by atoms with van der Waals surface area (Å²) in [5, 5.41) is 0. The molecule has 4 heteroatoms. The molecular formula is C22H28N2O2. The van der Waals surface area contributed by atoms with Crippen molar-refractivity contribution in [3.63, 3.8) is 0 Å². The number of carbonyl (C=O) groups excluding carboxylic acids is 1. The minimum Gasteiger partial charge on any atom is -0.483 e. The number of nitrogens with two attached hydrogens (primary N) is 1. The lowest BCUT2D eigenvalue weighted by Gasteiger charge is -2.19. The fourth-order valence-electron chi connectivity index (χ4n) is 3.56. The lowest BCUT2D eigenvalue weighted by atomic mass is 9.95. The Morgan fingerprint density at radius 2 is 1.92 bits per heavy atom. The second kappa shape index (κ2) is 7.92. The van der Waals surface area contributed by atoms with Crippen molar-refractivity contribution in [1.29, 1.82) is 0 Å². The van der Waals surface area contributed by atoms with Crippen LogP contribution >= 0.6 is 0 Å². The van der Waals surface area contributed by atoms with E-state index in [2.05, 4.69) is 38.1 Å². The summed E-state index contributed by atoms with van der Waals surface area (Å²) in [6.07, 6.45) is 0. The third kappa shape index (κ3) is 4.07. The van der Waals surface area contributed by atoms with E-state index in [0.717, 1.165) is 16.9 Å². The number of nitrogens with zero attached hydrogens (tertiary/aromatic N) is 1. The zero-order valence-electron chi connectivity index (χ0n) is 15.8. The molecule has 2 atom stereocenters. The van der Waals surface area contributed by atoms with Gasteiger partial charge in [-0.25, -0.2) is 0 Å². The zero-order chi connectivity index (χ0) is 18.7. The first-order valence-corrected chi connectivity index (χ1v) is 9.27. The normalized spacial score (nSPS) is 19.8. The Morgan fingerprint density at radius 3 is 2.62 bits per heavy atom. The molecule has 2 N–H and O–H groups in total. The summed E-state index contributed by atoms with van der Waals surface area (Å²) in [5.74, 6) is 1.33. The minimum absolute atomic E-state index is 0.00454. The molecule has 0 unspecified atom stereocenters. The molecule has 0 radical (unpaired) electrons. The first-order valence-electron chi connectivity index (χ1n) is 9.27. The van der Waals surface area contributed by atoms with Gasteiger partial charge in [-0.15, -0.1) is 0 Å². The van der Waals surface area contributed by atoms with Gasteiger partial charge >= 0.3 is 0 Å². The molecule has 4 nitrogen and oxygen atoms in total. The van der Waals surface area contributed by atoms with Crippen LogP contribution in [0.15, 0.2) is 48.5 Å². The average molecular weight is 352 g/mol. The van der Waals surface area contributed by atoms with Crippen LogP contribution in [0.4, 0.5) is 0 Å². The highest BCUT2D eigenvalue weighted by Gasteiger charge is 2.33. The van der Waals surface area contributed by atoms with Gasteiger partial charge in [0.05, 0.1) is 0 Å². The molecule has 0 aromatic heterocycles. The van der Waals surface area contributed by atoms with E-state index in [4.69, 9.17) is 10.5 Å². The highest BCUT2D eigenvalue weighted by atomic mass is 16.5. The zero-order valence-corrected chi connectivity index (χ0v) is 15.8. The second-order valence-electron chi connectivity index (χ2n) is 7.46. The first-order chi connectivity index (χ1) is 12.5. The Bertz CT molecular complexity index is 758. The largest absolute Gasteiger partial charge is 0.483 e. The molecule has 1 aliphatic heterocycles. The standard InChI is InChI=1S/C22H28N2O2/c1-15(2)18-10-9-16(3)11-21(18)26-14-22(25)24-12-19(20(23)13-24)17-7-5-4-6-8-17/h4-11,15,19-20H,12-14,23H2,1-3H3/t19-,20+/m0/s1.